The van der Waals surface area contributed by atoms with Crippen LogP contribution in [0.15, 0.2) is 83.4 Å². The number of aliphatic hydroxyl groups is 1. The Balaban J connectivity index is 1.38. The smallest absolute Gasteiger partial charge is 0.252 e. The molecule has 0 bridgehead atoms. The van der Waals surface area contributed by atoms with Crippen molar-refractivity contribution in [3.8, 4) is 17.2 Å². The summed E-state index contributed by atoms with van der Waals surface area (Å²) in [6, 6.07) is 22.6. The Kier molecular flexibility index (Phi) is 6.05. The third-order valence-corrected chi connectivity index (χ3v) is 6.88. The second-order valence-corrected chi connectivity index (χ2v) is 9.51. The lowest BCUT2D eigenvalue weighted by molar-refractivity contribution is 0.0918. The molecule has 0 saturated heterocycles. The average Bonchev–Trinajstić information content (AvgIpc) is 3.55. The van der Waals surface area contributed by atoms with E-state index in [9.17, 15) is 9.90 Å². The summed E-state index contributed by atoms with van der Waals surface area (Å²) in [4.78, 5) is 21.7. The van der Waals surface area contributed by atoms with E-state index in [-0.39, 0.29) is 12.5 Å². The molecule has 0 unspecified atom stereocenters. The molecule has 7 nitrogen and oxygen atoms in total. The lowest BCUT2D eigenvalue weighted by Gasteiger charge is -2.17. The van der Waals surface area contributed by atoms with Gasteiger partial charge in [0.15, 0.2) is 5.76 Å². The first-order chi connectivity index (χ1) is 18.5. The minimum absolute atomic E-state index is 0.201. The van der Waals surface area contributed by atoms with Crippen molar-refractivity contribution in [2.75, 3.05) is 13.7 Å². The highest BCUT2D eigenvalue weighted by molar-refractivity contribution is 6.07. The van der Waals surface area contributed by atoms with Crippen molar-refractivity contribution in [2.45, 2.75) is 19.4 Å². The zero-order valence-corrected chi connectivity index (χ0v) is 21.1. The summed E-state index contributed by atoms with van der Waals surface area (Å²) in [6.07, 6.45) is 2.40. The molecule has 3 heterocycles. The van der Waals surface area contributed by atoms with Crippen LogP contribution in [0, 0.1) is 6.92 Å². The number of hydrogen-bond donors (Lipinski definition) is 3. The van der Waals surface area contributed by atoms with Gasteiger partial charge in [-0.2, -0.15) is 0 Å². The van der Waals surface area contributed by atoms with Crippen LogP contribution in [0.1, 0.15) is 21.5 Å². The first-order valence-corrected chi connectivity index (χ1v) is 12.5. The van der Waals surface area contributed by atoms with Crippen LogP contribution in [-0.2, 0) is 6.42 Å². The van der Waals surface area contributed by atoms with Crippen molar-refractivity contribution in [3.05, 3.63) is 95.7 Å². The number of aryl methyl sites for hydroxylation is 1. The number of aromatic amines is 1. The number of nitrogens with one attached hydrogen (secondary N) is 2. The Morgan fingerprint density at radius 3 is 2.79 bits per heavy atom. The van der Waals surface area contributed by atoms with Crippen LogP contribution < -0.4 is 10.1 Å². The lowest BCUT2D eigenvalue weighted by atomic mass is 10.0. The second kappa shape index (κ2) is 9.68. The number of H-pyrrole nitrogens is 1. The SMILES string of the molecule is COc1ccc2nc(-c3cc4cc(C)ccc4o3)cc(C(=O)N[C@@H](CO)Cc3c[nH]c4ccccc34)c2c1. The van der Waals surface area contributed by atoms with Gasteiger partial charge < -0.3 is 24.6 Å². The number of rotatable bonds is 7. The highest BCUT2D eigenvalue weighted by Gasteiger charge is 2.20. The maximum absolute atomic E-state index is 13.7. The van der Waals surface area contributed by atoms with E-state index in [2.05, 4.69) is 16.4 Å². The normalized spacial score (nSPS) is 12.3. The van der Waals surface area contributed by atoms with Crippen molar-refractivity contribution in [3.63, 3.8) is 0 Å². The number of furan rings is 1. The van der Waals surface area contributed by atoms with Gasteiger partial charge in [0, 0.05) is 27.9 Å². The zero-order valence-electron chi connectivity index (χ0n) is 21.1. The van der Waals surface area contributed by atoms with Gasteiger partial charge in [-0.25, -0.2) is 4.98 Å². The number of methoxy groups -OCH3 is 1. The van der Waals surface area contributed by atoms with Gasteiger partial charge >= 0.3 is 0 Å². The van der Waals surface area contributed by atoms with Gasteiger partial charge in [-0.05, 0) is 67.4 Å². The third kappa shape index (κ3) is 4.37. The number of hydrogen-bond acceptors (Lipinski definition) is 5. The molecule has 0 radical (unpaired) electrons. The van der Waals surface area contributed by atoms with E-state index < -0.39 is 6.04 Å². The highest BCUT2D eigenvalue weighted by Crippen LogP contribution is 2.32. The monoisotopic (exact) mass is 505 g/mol. The van der Waals surface area contributed by atoms with Crippen molar-refractivity contribution in [1.82, 2.24) is 15.3 Å². The molecule has 0 aliphatic heterocycles. The Hall–Kier alpha value is -4.62. The summed E-state index contributed by atoms with van der Waals surface area (Å²) in [5, 5.41) is 15.9. The number of fused-ring (bicyclic) bond motifs is 3. The first kappa shape index (κ1) is 23.8. The molecule has 1 amide bonds. The topological polar surface area (TPSA) is 100 Å². The fraction of sp³-hybridized carbons (Fsp3) is 0.161. The van der Waals surface area contributed by atoms with Gasteiger partial charge in [-0.3, -0.25) is 4.79 Å². The number of aliphatic hydroxyl groups excluding tert-OH is 1. The summed E-state index contributed by atoms with van der Waals surface area (Å²) >= 11 is 0. The minimum atomic E-state index is -0.479. The standard InChI is InChI=1S/C31H27N3O4/c1-18-7-10-29-19(11-18)13-30(38-29)28-15-25(24-14-22(37-2)8-9-27(24)34-28)31(36)33-21(17-35)12-20-16-32-26-6-4-3-5-23(20)26/h3-11,13-16,21,32,35H,12,17H2,1-2H3,(H,33,36)/t21-/m1/s1. The molecule has 0 saturated carbocycles. The first-order valence-electron chi connectivity index (χ1n) is 12.5. The second-order valence-electron chi connectivity index (χ2n) is 9.51. The summed E-state index contributed by atoms with van der Waals surface area (Å²) in [5.74, 6) is 0.894. The molecule has 0 spiro atoms. The van der Waals surface area contributed by atoms with Gasteiger partial charge in [0.1, 0.15) is 17.0 Å². The molecule has 0 aliphatic carbocycles. The summed E-state index contributed by atoms with van der Waals surface area (Å²) in [5.41, 5.74) is 5.56. The molecular weight excluding hydrogens is 478 g/mol. The summed E-state index contributed by atoms with van der Waals surface area (Å²) in [7, 11) is 1.59. The van der Waals surface area contributed by atoms with Crippen LogP contribution >= 0.6 is 0 Å². The molecule has 0 aliphatic rings. The van der Waals surface area contributed by atoms with Gasteiger partial charge in [0.05, 0.1) is 30.8 Å². The van der Waals surface area contributed by atoms with Crippen LogP contribution in [0.2, 0.25) is 0 Å². The lowest BCUT2D eigenvalue weighted by Crippen LogP contribution is -2.39. The average molecular weight is 506 g/mol. The fourth-order valence-corrected chi connectivity index (χ4v) is 4.93. The summed E-state index contributed by atoms with van der Waals surface area (Å²) in [6.45, 7) is 1.83. The van der Waals surface area contributed by atoms with Crippen LogP contribution in [0.5, 0.6) is 5.75 Å². The number of carbonyl (C=O) groups is 1. The number of carbonyl (C=O) groups excluding carboxylic acids is 1. The molecule has 6 aromatic rings. The number of benzene rings is 3. The largest absolute Gasteiger partial charge is 0.497 e. The number of ether oxygens (including phenoxy) is 1. The molecular formula is C31H27N3O4. The van der Waals surface area contributed by atoms with Crippen LogP contribution in [0.3, 0.4) is 0 Å². The molecule has 3 aromatic heterocycles. The zero-order chi connectivity index (χ0) is 26.2. The predicted octanol–water partition coefficient (Wildman–Crippen LogP) is 5.78. The molecule has 0 fully saturated rings. The van der Waals surface area contributed by atoms with Gasteiger partial charge in [-0.1, -0.05) is 29.8 Å². The van der Waals surface area contributed by atoms with Crippen molar-refractivity contribution in [2.24, 2.45) is 0 Å². The Morgan fingerprint density at radius 1 is 1.08 bits per heavy atom. The molecule has 3 N–H and O–H groups in total. The Bertz CT molecular complexity index is 1800. The maximum atomic E-state index is 13.7. The van der Waals surface area contributed by atoms with E-state index in [1.807, 2.05) is 67.7 Å². The molecule has 7 heteroatoms. The van der Waals surface area contributed by atoms with Gasteiger partial charge in [0.25, 0.3) is 5.91 Å². The Labute approximate surface area is 219 Å². The van der Waals surface area contributed by atoms with E-state index in [1.165, 1.54) is 0 Å². The molecule has 190 valence electrons. The molecule has 1 atom stereocenters. The van der Waals surface area contributed by atoms with Crippen molar-refractivity contribution < 1.29 is 19.1 Å². The number of aromatic nitrogens is 2. The van der Waals surface area contributed by atoms with E-state index in [0.29, 0.717) is 40.1 Å². The van der Waals surface area contributed by atoms with Gasteiger partial charge in [-0.15, -0.1) is 0 Å². The quantitative estimate of drug-likeness (QED) is 0.255. The minimum Gasteiger partial charge on any atom is -0.497 e. The third-order valence-electron chi connectivity index (χ3n) is 6.88. The van der Waals surface area contributed by atoms with E-state index >= 15 is 0 Å². The van der Waals surface area contributed by atoms with E-state index in [0.717, 1.165) is 33.0 Å². The van der Waals surface area contributed by atoms with E-state index in [1.54, 1.807) is 19.2 Å². The van der Waals surface area contributed by atoms with Crippen molar-refractivity contribution in [1.29, 1.82) is 0 Å². The van der Waals surface area contributed by atoms with Crippen molar-refractivity contribution >= 4 is 38.7 Å². The number of nitrogens with zero attached hydrogens (tertiary/aromatic N) is 1. The summed E-state index contributed by atoms with van der Waals surface area (Å²) < 4.78 is 11.5. The molecule has 3 aromatic carbocycles. The number of pyridine rings is 1. The van der Waals surface area contributed by atoms with Crippen LogP contribution in [0.25, 0.3) is 44.2 Å². The number of para-hydroxylation sites is 1. The fourth-order valence-electron chi connectivity index (χ4n) is 4.93. The van der Waals surface area contributed by atoms with Crippen LogP contribution in [0.4, 0.5) is 0 Å². The molecule has 38 heavy (non-hydrogen) atoms. The predicted molar refractivity (Wildman–Crippen MR) is 149 cm³/mol. The van der Waals surface area contributed by atoms with Gasteiger partial charge in [0.2, 0.25) is 0 Å². The highest BCUT2D eigenvalue weighted by atomic mass is 16.5. The van der Waals surface area contributed by atoms with E-state index in [4.69, 9.17) is 14.1 Å². The Morgan fingerprint density at radius 2 is 1.95 bits per heavy atom. The molecule has 6 rings (SSSR count). The maximum Gasteiger partial charge on any atom is 0.252 e. The number of amides is 1. The van der Waals surface area contributed by atoms with Crippen LogP contribution in [-0.4, -0.2) is 40.7 Å².